The lowest BCUT2D eigenvalue weighted by molar-refractivity contribution is -0.167. The highest BCUT2D eigenvalue weighted by molar-refractivity contribution is 5.93. The molecule has 4 bridgehead atoms. The maximum atomic E-state index is 12.8. The van der Waals surface area contributed by atoms with Gasteiger partial charge in [-0.05, 0) is 67.9 Å². The summed E-state index contributed by atoms with van der Waals surface area (Å²) in [6, 6.07) is 5.59. The number of ether oxygens (including phenoxy) is 2. The molecule has 4 fully saturated rings. The average molecular weight is 343 g/mol. The molecule has 5 heteroatoms. The quantitative estimate of drug-likeness (QED) is 0.885. The van der Waals surface area contributed by atoms with Crippen molar-refractivity contribution in [2.24, 2.45) is 17.3 Å². The average Bonchev–Trinajstić information content (AvgIpc) is 2.52. The van der Waals surface area contributed by atoms with Gasteiger partial charge in [0, 0.05) is 6.42 Å². The summed E-state index contributed by atoms with van der Waals surface area (Å²) in [5, 5.41) is 13.9. The lowest BCUT2D eigenvalue weighted by Gasteiger charge is -2.60. The first-order valence-corrected chi connectivity index (χ1v) is 9.44. The van der Waals surface area contributed by atoms with Gasteiger partial charge in [0.1, 0.15) is 13.2 Å². The highest BCUT2D eigenvalue weighted by Gasteiger charge is 2.57. The molecule has 4 saturated carbocycles. The SMILES string of the molecule is O=C(CC12C[C@H]3C[C@@H](CC(O)(C3)C1)C2)Nc1cccc2c1OCCO2. The number of nitrogens with one attached hydrogen (secondary N) is 1. The molecule has 0 saturated heterocycles. The Bertz CT molecular complexity index is 702. The molecule has 0 unspecified atom stereocenters. The third-order valence-electron chi connectivity index (χ3n) is 6.53. The molecule has 1 aromatic carbocycles. The van der Waals surface area contributed by atoms with E-state index in [4.69, 9.17) is 9.47 Å². The van der Waals surface area contributed by atoms with Crippen LogP contribution in [0.2, 0.25) is 0 Å². The topological polar surface area (TPSA) is 67.8 Å². The number of hydrogen-bond donors (Lipinski definition) is 2. The van der Waals surface area contributed by atoms with Crippen molar-refractivity contribution in [1.29, 1.82) is 0 Å². The molecule has 25 heavy (non-hydrogen) atoms. The molecule has 0 radical (unpaired) electrons. The van der Waals surface area contributed by atoms with E-state index in [-0.39, 0.29) is 11.3 Å². The zero-order valence-corrected chi connectivity index (χ0v) is 14.4. The van der Waals surface area contributed by atoms with E-state index < -0.39 is 5.60 Å². The summed E-state index contributed by atoms with van der Waals surface area (Å²) in [5.74, 6) is 2.54. The minimum absolute atomic E-state index is 0.0187. The zero-order chi connectivity index (χ0) is 17.1. The molecule has 1 heterocycles. The largest absolute Gasteiger partial charge is 0.486 e. The molecule has 2 atom stereocenters. The number of benzene rings is 1. The second kappa shape index (κ2) is 5.37. The number of hydrogen-bond acceptors (Lipinski definition) is 4. The highest BCUT2D eigenvalue weighted by atomic mass is 16.6. The van der Waals surface area contributed by atoms with Gasteiger partial charge >= 0.3 is 0 Å². The molecule has 0 aromatic heterocycles. The monoisotopic (exact) mass is 343 g/mol. The molecule has 2 N–H and O–H groups in total. The third kappa shape index (κ3) is 2.69. The molecule has 1 amide bonds. The van der Waals surface area contributed by atoms with Gasteiger partial charge in [-0.3, -0.25) is 4.79 Å². The Balaban J connectivity index is 1.33. The molecule has 1 aliphatic heterocycles. The molecule has 0 spiro atoms. The lowest BCUT2D eigenvalue weighted by Crippen LogP contribution is -2.56. The lowest BCUT2D eigenvalue weighted by atomic mass is 9.47. The normalized spacial score (nSPS) is 37.8. The van der Waals surface area contributed by atoms with Gasteiger partial charge in [0.2, 0.25) is 5.91 Å². The van der Waals surface area contributed by atoms with Crippen LogP contribution in [0.15, 0.2) is 18.2 Å². The van der Waals surface area contributed by atoms with Gasteiger partial charge in [0.05, 0.1) is 11.3 Å². The van der Waals surface area contributed by atoms with Crippen LogP contribution < -0.4 is 14.8 Å². The predicted molar refractivity (Wildman–Crippen MR) is 92.7 cm³/mol. The van der Waals surface area contributed by atoms with E-state index in [2.05, 4.69) is 5.32 Å². The maximum absolute atomic E-state index is 12.8. The Kier molecular flexibility index (Phi) is 3.33. The van der Waals surface area contributed by atoms with Gasteiger partial charge in [0.25, 0.3) is 0 Å². The van der Waals surface area contributed by atoms with Crippen molar-refractivity contribution in [2.45, 2.75) is 50.5 Å². The van der Waals surface area contributed by atoms with Crippen molar-refractivity contribution in [2.75, 3.05) is 18.5 Å². The maximum Gasteiger partial charge on any atom is 0.225 e. The highest BCUT2D eigenvalue weighted by Crippen LogP contribution is 2.62. The van der Waals surface area contributed by atoms with E-state index in [0.29, 0.717) is 48.7 Å². The van der Waals surface area contributed by atoms with Crippen LogP contribution in [-0.4, -0.2) is 29.8 Å². The number of fused-ring (bicyclic) bond motifs is 1. The summed E-state index contributed by atoms with van der Waals surface area (Å²) in [7, 11) is 0. The van der Waals surface area contributed by atoms with Crippen LogP contribution in [0.3, 0.4) is 0 Å². The van der Waals surface area contributed by atoms with E-state index in [0.717, 1.165) is 32.1 Å². The van der Waals surface area contributed by atoms with Crippen LogP contribution in [-0.2, 0) is 4.79 Å². The molecule has 4 aliphatic carbocycles. The summed E-state index contributed by atoms with van der Waals surface area (Å²) in [6.07, 6.45) is 6.56. The first-order valence-electron chi connectivity index (χ1n) is 9.44. The van der Waals surface area contributed by atoms with Crippen molar-refractivity contribution < 1.29 is 19.4 Å². The van der Waals surface area contributed by atoms with E-state index in [1.165, 1.54) is 6.42 Å². The van der Waals surface area contributed by atoms with Crippen molar-refractivity contribution in [1.82, 2.24) is 0 Å². The van der Waals surface area contributed by atoms with Crippen LogP contribution in [0.1, 0.15) is 44.9 Å². The minimum Gasteiger partial charge on any atom is -0.486 e. The van der Waals surface area contributed by atoms with E-state index >= 15 is 0 Å². The van der Waals surface area contributed by atoms with Gasteiger partial charge in [-0.25, -0.2) is 0 Å². The summed E-state index contributed by atoms with van der Waals surface area (Å²) >= 11 is 0. The Hall–Kier alpha value is -1.75. The minimum atomic E-state index is -0.521. The number of rotatable bonds is 3. The van der Waals surface area contributed by atoms with Gasteiger partial charge in [0.15, 0.2) is 11.5 Å². The molecule has 1 aromatic rings. The molecular weight excluding hydrogens is 318 g/mol. The fraction of sp³-hybridized carbons (Fsp3) is 0.650. The number of carbonyl (C=O) groups is 1. The Morgan fingerprint density at radius 1 is 1.16 bits per heavy atom. The van der Waals surface area contributed by atoms with E-state index in [9.17, 15) is 9.90 Å². The Labute approximate surface area is 147 Å². The fourth-order valence-electron chi connectivity index (χ4n) is 6.32. The molecule has 6 rings (SSSR count). The van der Waals surface area contributed by atoms with Crippen LogP contribution in [0.25, 0.3) is 0 Å². The summed E-state index contributed by atoms with van der Waals surface area (Å²) in [5.41, 5.74) is 0.146. The van der Waals surface area contributed by atoms with Crippen molar-refractivity contribution in [3.8, 4) is 11.5 Å². The first-order chi connectivity index (χ1) is 12.0. The van der Waals surface area contributed by atoms with E-state index in [1.54, 1.807) is 0 Å². The number of amides is 1. The second-order valence-corrected chi connectivity index (χ2v) is 8.74. The van der Waals surface area contributed by atoms with Crippen molar-refractivity contribution in [3.05, 3.63) is 18.2 Å². The van der Waals surface area contributed by atoms with Gasteiger partial charge < -0.3 is 19.9 Å². The summed E-state index contributed by atoms with van der Waals surface area (Å²) < 4.78 is 11.3. The van der Waals surface area contributed by atoms with Crippen LogP contribution >= 0.6 is 0 Å². The molecule has 134 valence electrons. The second-order valence-electron chi connectivity index (χ2n) is 8.74. The van der Waals surface area contributed by atoms with Crippen molar-refractivity contribution >= 4 is 11.6 Å². The third-order valence-corrected chi connectivity index (χ3v) is 6.53. The van der Waals surface area contributed by atoms with Gasteiger partial charge in [-0.1, -0.05) is 6.07 Å². The summed E-state index contributed by atoms with van der Waals surface area (Å²) in [4.78, 5) is 12.8. The van der Waals surface area contributed by atoms with E-state index in [1.807, 2.05) is 18.2 Å². The number of aliphatic hydroxyl groups is 1. The smallest absolute Gasteiger partial charge is 0.225 e. The Morgan fingerprint density at radius 2 is 1.92 bits per heavy atom. The molecule has 5 nitrogen and oxygen atoms in total. The van der Waals surface area contributed by atoms with Crippen LogP contribution in [0.4, 0.5) is 5.69 Å². The van der Waals surface area contributed by atoms with Gasteiger partial charge in [-0.15, -0.1) is 0 Å². The number of carbonyl (C=O) groups excluding carboxylic acids is 1. The van der Waals surface area contributed by atoms with Crippen LogP contribution in [0.5, 0.6) is 11.5 Å². The summed E-state index contributed by atoms with van der Waals surface area (Å²) in [6.45, 7) is 1.04. The number of anilines is 1. The first kappa shape index (κ1) is 15.5. The standard InChI is InChI=1S/C20H25NO4/c22-17(21-15-2-1-3-16-18(15)25-5-4-24-16)11-19-7-13-6-14(8-19)10-20(23,9-13)12-19/h1-3,13-14,23H,4-12H2,(H,21,22)/t13-,14-,19?,20?/m1/s1. The Morgan fingerprint density at radius 3 is 2.68 bits per heavy atom. The molecular formula is C20H25NO4. The van der Waals surface area contributed by atoms with Crippen LogP contribution in [0, 0.1) is 17.3 Å². The molecule has 5 aliphatic rings. The van der Waals surface area contributed by atoms with Crippen molar-refractivity contribution in [3.63, 3.8) is 0 Å². The zero-order valence-electron chi connectivity index (χ0n) is 14.4. The predicted octanol–water partition coefficient (Wildman–Crippen LogP) is 3.12. The number of para-hydroxylation sites is 1. The fourth-order valence-corrected chi connectivity index (χ4v) is 6.32. The van der Waals surface area contributed by atoms with Gasteiger partial charge in [-0.2, -0.15) is 0 Å².